The van der Waals surface area contributed by atoms with Crippen LogP contribution in [0, 0.1) is 0 Å². The average Bonchev–Trinajstić information content (AvgIpc) is 2.66. The molecule has 0 spiro atoms. The largest absolute Gasteiger partial charge is 0.496 e. The Labute approximate surface area is 160 Å². The van der Waals surface area contributed by atoms with Crippen LogP contribution in [0.4, 0.5) is 0 Å². The minimum Gasteiger partial charge on any atom is -0.496 e. The van der Waals surface area contributed by atoms with Gasteiger partial charge in [-0.3, -0.25) is 4.79 Å². The molecule has 0 saturated carbocycles. The Balaban J connectivity index is 2.00. The van der Waals surface area contributed by atoms with Gasteiger partial charge in [-0.05, 0) is 18.2 Å². The SMILES string of the molecule is COc1cc(OC)c(C=NNC(=O)COc2cccc(Br)c2)c(OC)c1. The number of amides is 1. The minimum absolute atomic E-state index is 0.162. The summed E-state index contributed by atoms with van der Waals surface area (Å²) in [5, 5.41) is 3.93. The number of carbonyl (C=O) groups excluding carboxylic acids is 1. The van der Waals surface area contributed by atoms with Crippen LogP contribution >= 0.6 is 15.9 Å². The summed E-state index contributed by atoms with van der Waals surface area (Å²) < 4.78 is 22.1. The van der Waals surface area contributed by atoms with Gasteiger partial charge in [0.15, 0.2) is 6.61 Å². The monoisotopic (exact) mass is 422 g/mol. The third kappa shape index (κ3) is 5.38. The van der Waals surface area contributed by atoms with Crippen LogP contribution in [0.1, 0.15) is 5.56 Å². The zero-order valence-corrected chi connectivity index (χ0v) is 16.2. The molecule has 0 bridgehead atoms. The van der Waals surface area contributed by atoms with Crippen molar-refractivity contribution >= 4 is 28.1 Å². The fourth-order valence-corrected chi connectivity index (χ4v) is 2.44. The Kier molecular flexibility index (Phi) is 7.28. The van der Waals surface area contributed by atoms with Crippen LogP contribution in [-0.4, -0.2) is 40.1 Å². The lowest BCUT2D eigenvalue weighted by molar-refractivity contribution is -0.123. The molecule has 0 aliphatic rings. The highest BCUT2D eigenvalue weighted by Crippen LogP contribution is 2.32. The van der Waals surface area contributed by atoms with Gasteiger partial charge in [0.1, 0.15) is 23.0 Å². The second kappa shape index (κ2) is 9.67. The third-order valence-corrected chi connectivity index (χ3v) is 3.80. The molecule has 0 aliphatic carbocycles. The highest BCUT2D eigenvalue weighted by Gasteiger charge is 2.11. The fourth-order valence-electron chi connectivity index (χ4n) is 2.07. The van der Waals surface area contributed by atoms with E-state index in [1.54, 1.807) is 31.4 Å². The van der Waals surface area contributed by atoms with Crippen LogP contribution in [0.5, 0.6) is 23.0 Å². The average molecular weight is 423 g/mol. The molecule has 138 valence electrons. The summed E-state index contributed by atoms with van der Waals surface area (Å²) in [7, 11) is 4.60. The van der Waals surface area contributed by atoms with Gasteiger partial charge >= 0.3 is 0 Å². The summed E-state index contributed by atoms with van der Waals surface area (Å²) in [6.07, 6.45) is 1.44. The zero-order valence-electron chi connectivity index (χ0n) is 14.6. The molecule has 2 rings (SSSR count). The number of carbonyl (C=O) groups is 1. The number of nitrogens with zero attached hydrogens (tertiary/aromatic N) is 1. The number of methoxy groups -OCH3 is 3. The van der Waals surface area contributed by atoms with Crippen molar-refractivity contribution in [2.75, 3.05) is 27.9 Å². The number of rotatable bonds is 8. The van der Waals surface area contributed by atoms with Crippen molar-refractivity contribution in [3.63, 3.8) is 0 Å². The van der Waals surface area contributed by atoms with Gasteiger partial charge in [0.2, 0.25) is 0 Å². The predicted molar refractivity (Wildman–Crippen MR) is 101 cm³/mol. The molecule has 26 heavy (non-hydrogen) atoms. The van der Waals surface area contributed by atoms with Crippen molar-refractivity contribution < 1.29 is 23.7 Å². The lowest BCUT2D eigenvalue weighted by Crippen LogP contribution is -2.24. The number of hydrazone groups is 1. The summed E-state index contributed by atoms with van der Waals surface area (Å²) in [5.41, 5.74) is 2.97. The van der Waals surface area contributed by atoms with E-state index in [4.69, 9.17) is 18.9 Å². The Morgan fingerprint density at radius 1 is 1.08 bits per heavy atom. The second-order valence-corrected chi connectivity index (χ2v) is 5.90. The van der Waals surface area contributed by atoms with Gasteiger partial charge in [-0.2, -0.15) is 5.10 Å². The quantitative estimate of drug-likeness (QED) is 0.522. The molecule has 0 aromatic heterocycles. The normalized spacial score (nSPS) is 10.5. The van der Waals surface area contributed by atoms with E-state index in [-0.39, 0.29) is 6.61 Å². The number of halogens is 1. The standard InChI is InChI=1S/C18H19BrN2O5/c1-23-14-8-16(24-2)15(17(9-14)25-3)10-20-21-18(22)11-26-13-6-4-5-12(19)7-13/h4-10H,11H2,1-3H3,(H,21,22). The van der Waals surface area contributed by atoms with Crippen molar-refractivity contribution in [1.29, 1.82) is 0 Å². The Morgan fingerprint density at radius 3 is 2.35 bits per heavy atom. The van der Waals surface area contributed by atoms with Crippen molar-refractivity contribution in [3.8, 4) is 23.0 Å². The van der Waals surface area contributed by atoms with Crippen molar-refractivity contribution in [3.05, 3.63) is 46.4 Å². The molecule has 0 saturated heterocycles. The molecular formula is C18H19BrN2O5. The van der Waals surface area contributed by atoms with Gasteiger partial charge < -0.3 is 18.9 Å². The summed E-state index contributed by atoms with van der Waals surface area (Å²) in [4.78, 5) is 11.9. The fraction of sp³-hybridized carbons (Fsp3) is 0.222. The van der Waals surface area contributed by atoms with E-state index in [2.05, 4.69) is 26.5 Å². The van der Waals surface area contributed by atoms with Crippen molar-refractivity contribution in [2.45, 2.75) is 0 Å². The summed E-state index contributed by atoms with van der Waals surface area (Å²) in [5.74, 6) is 1.78. The lowest BCUT2D eigenvalue weighted by atomic mass is 10.2. The van der Waals surface area contributed by atoms with Gasteiger partial charge in [-0.15, -0.1) is 0 Å². The van der Waals surface area contributed by atoms with Gasteiger partial charge in [0.25, 0.3) is 5.91 Å². The first-order chi connectivity index (χ1) is 12.6. The smallest absolute Gasteiger partial charge is 0.277 e. The van der Waals surface area contributed by atoms with Gasteiger partial charge in [-0.25, -0.2) is 5.43 Å². The van der Waals surface area contributed by atoms with Gasteiger partial charge in [0, 0.05) is 16.6 Å². The molecule has 7 nitrogen and oxygen atoms in total. The summed E-state index contributed by atoms with van der Waals surface area (Å²) in [6.45, 7) is -0.162. The summed E-state index contributed by atoms with van der Waals surface area (Å²) in [6, 6.07) is 10.6. The first-order valence-electron chi connectivity index (χ1n) is 7.57. The van der Waals surface area contributed by atoms with Crippen LogP contribution in [-0.2, 0) is 4.79 Å². The molecule has 8 heteroatoms. The maximum atomic E-state index is 11.9. The highest BCUT2D eigenvalue weighted by atomic mass is 79.9. The number of hydrogen-bond donors (Lipinski definition) is 1. The van der Waals surface area contributed by atoms with E-state index < -0.39 is 5.91 Å². The number of nitrogens with one attached hydrogen (secondary N) is 1. The molecule has 0 atom stereocenters. The topological polar surface area (TPSA) is 78.4 Å². The van der Waals surface area contributed by atoms with Crippen LogP contribution in [0.15, 0.2) is 46.0 Å². The van der Waals surface area contributed by atoms with E-state index in [9.17, 15) is 4.79 Å². The van der Waals surface area contributed by atoms with Crippen LogP contribution < -0.4 is 24.4 Å². The van der Waals surface area contributed by atoms with Crippen LogP contribution in [0.3, 0.4) is 0 Å². The maximum absolute atomic E-state index is 11.9. The van der Waals surface area contributed by atoms with E-state index in [1.165, 1.54) is 20.4 Å². The Bertz CT molecular complexity index is 770. The minimum atomic E-state index is -0.396. The first kappa shape index (κ1) is 19.6. The zero-order chi connectivity index (χ0) is 18.9. The number of benzene rings is 2. The van der Waals surface area contributed by atoms with Gasteiger partial charge in [-0.1, -0.05) is 22.0 Å². The predicted octanol–water partition coefficient (Wildman–Crippen LogP) is 3.00. The molecule has 1 N–H and O–H groups in total. The molecule has 0 unspecified atom stereocenters. The molecule has 1 amide bonds. The second-order valence-electron chi connectivity index (χ2n) is 4.98. The molecule has 0 heterocycles. The Hall–Kier alpha value is -2.74. The number of ether oxygens (including phenoxy) is 4. The van der Waals surface area contributed by atoms with Gasteiger partial charge in [0.05, 0.1) is 33.1 Å². The first-order valence-corrected chi connectivity index (χ1v) is 8.37. The number of hydrogen-bond acceptors (Lipinski definition) is 6. The van der Waals surface area contributed by atoms with Crippen molar-refractivity contribution in [1.82, 2.24) is 5.43 Å². The maximum Gasteiger partial charge on any atom is 0.277 e. The van der Waals surface area contributed by atoms with E-state index in [0.29, 0.717) is 28.6 Å². The van der Waals surface area contributed by atoms with E-state index in [1.807, 2.05) is 12.1 Å². The van der Waals surface area contributed by atoms with E-state index >= 15 is 0 Å². The molecular weight excluding hydrogens is 404 g/mol. The highest BCUT2D eigenvalue weighted by molar-refractivity contribution is 9.10. The van der Waals surface area contributed by atoms with E-state index in [0.717, 1.165) is 4.47 Å². The Morgan fingerprint density at radius 2 is 1.77 bits per heavy atom. The molecule has 0 fully saturated rings. The summed E-state index contributed by atoms with van der Waals surface area (Å²) >= 11 is 3.34. The molecule has 0 aliphatic heterocycles. The third-order valence-electron chi connectivity index (χ3n) is 3.30. The van der Waals surface area contributed by atoms with Crippen LogP contribution in [0.25, 0.3) is 0 Å². The van der Waals surface area contributed by atoms with Crippen molar-refractivity contribution in [2.24, 2.45) is 5.10 Å². The molecule has 0 radical (unpaired) electrons. The van der Waals surface area contributed by atoms with Crippen LogP contribution in [0.2, 0.25) is 0 Å². The molecule has 2 aromatic rings. The lowest BCUT2D eigenvalue weighted by Gasteiger charge is -2.12. The molecule has 2 aromatic carbocycles.